The van der Waals surface area contributed by atoms with Gasteiger partial charge in [-0.1, -0.05) is 30.9 Å². The van der Waals surface area contributed by atoms with Crippen LogP contribution in [0.3, 0.4) is 0 Å². The highest BCUT2D eigenvalue weighted by Crippen LogP contribution is 2.35. The summed E-state index contributed by atoms with van der Waals surface area (Å²) in [6.45, 7) is 2.11. The Bertz CT molecular complexity index is 454. The summed E-state index contributed by atoms with van der Waals surface area (Å²) in [6.07, 6.45) is 4.73. The lowest BCUT2D eigenvalue weighted by Gasteiger charge is -2.30. The molecule has 0 aliphatic heterocycles. The van der Waals surface area contributed by atoms with Crippen LogP contribution in [-0.2, 0) is 0 Å². The zero-order chi connectivity index (χ0) is 15.4. The first-order chi connectivity index (χ1) is 10.0. The van der Waals surface area contributed by atoms with Crippen molar-refractivity contribution in [2.75, 3.05) is 6.61 Å². The van der Waals surface area contributed by atoms with E-state index in [0.29, 0.717) is 12.2 Å². The van der Waals surface area contributed by atoms with Gasteiger partial charge in [0.1, 0.15) is 0 Å². The van der Waals surface area contributed by atoms with Crippen LogP contribution in [0.15, 0.2) is 12.1 Å². The first kappa shape index (κ1) is 16.5. The van der Waals surface area contributed by atoms with E-state index in [9.17, 15) is 9.50 Å². The van der Waals surface area contributed by atoms with Gasteiger partial charge in [0, 0.05) is 0 Å². The van der Waals surface area contributed by atoms with E-state index in [0.717, 1.165) is 25.7 Å². The van der Waals surface area contributed by atoms with Crippen molar-refractivity contribution in [1.29, 1.82) is 0 Å². The summed E-state index contributed by atoms with van der Waals surface area (Å²) in [5.74, 6) is -0.310. The molecule has 118 valence electrons. The van der Waals surface area contributed by atoms with E-state index < -0.39 is 18.0 Å². The standard InChI is InChI=1S/C16H23ClFNO2/c1-2-21-16-12(17)8-11(9-13(16)18)14(19)15(20)10-6-4-3-5-7-10/h8-10,14-15,20H,2-7,19H2,1H3/t14-,15+/m1/s1. The predicted octanol–water partition coefficient (Wildman–Crippen LogP) is 3.82. The van der Waals surface area contributed by atoms with E-state index in [4.69, 9.17) is 22.1 Å². The molecule has 3 N–H and O–H groups in total. The fourth-order valence-electron chi connectivity index (χ4n) is 3.02. The maximum atomic E-state index is 14.0. The lowest BCUT2D eigenvalue weighted by Crippen LogP contribution is -2.34. The number of benzene rings is 1. The Kier molecular flexibility index (Phi) is 5.85. The Morgan fingerprint density at radius 3 is 2.62 bits per heavy atom. The molecule has 1 saturated carbocycles. The molecule has 1 aliphatic carbocycles. The van der Waals surface area contributed by atoms with Gasteiger partial charge in [-0.3, -0.25) is 0 Å². The predicted molar refractivity (Wildman–Crippen MR) is 82.1 cm³/mol. The Hall–Kier alpha value is -0.840. The highest BCUT2D eigenvalue weighted by Gasteiger charge is 2.28. The number of rotatable bonds is 5. The maximum absolute atomic E-state index is 14.0. The molecule has 2 atom stereocenters. The molecule has 1 aliphatic rings. The summed E-state index contributed by atoms with van der Waals surface area (Å²) in [5, 5.41) is 10.6. The normalized spacial score (nSPS) is 19.3. The molecule has 0 radical (unpaired) electrons. The van der Waals surface area contributed by atoms with Gasteiger partial charge in [0.25, 0.3) is 0 Å². The summed E-state index contributed by atoms with van der Waals surface area (Å²) >= 11 is 6.05. The largest absolute Gasteiger partial charge is 0.489 e. The van der Waals surface area contributed by atoms with Crippen molar-refractivity contribution in [2.24, 2.45) is 11.7 Å². The van der Waals surface area contributed by atoms with E-state index in [1.54, 1.807) is 13.0 Å². The van der Waals surface area contributed by atoms with Crippen LogP contribution in [0, 0.1) is 11.7 Å². The highest BCUT2D eigenvalue weighted by atomic mass is 35.5. The van der Waals surface area contributed by atoms with Gasteiger partial charge in [-0.2, -0.15) is 0 Å². The third-order valence-corrected chi connectivity index (χ3v) is 4.48. The summed E-state index contributed by atoms with van der Waals surface area (Å²) in [5.41, 5.74) is 6.63. The number of nitrogens with two attached hydrogens (primary N) is 1. The lowest BCUT2D eigenvalue weighted by molar-refractivity contribution is 0.0617. The molecular weight excluding hydrogens is 293 g/mol. The van der Waals surface area contributed by atoms with Crippen LogP contribution in [0.5, 0.6) is 5.75 Å². The van der Waals surface area contributed by atoms with Gasteiger partial charge in [-0.15, -0.1) is 0 Å². The summed E-state index contributed by atoms with van der Waals surface area (Å²) in [4.78, 5) is 0. The van der Waals surface area contributed by atoms with Gasteiger partial charge in [-0.05, 0) is 43.4 Å². The smallest absolute Gasteiger partial charge is 0.173 e. The first-order valence-corrected chi connectivity index (χ1v) is 7.97. The zero-order valence-electron chi connectivity index (χ0n) is 12.3. The van der Waals surface area contributed by atoms with Crippen LogP contribution in [0.4, 0.5) is 4.39 Å². The second kappa shape index (κ2) is 7.43. The minimum Gasteiger partial charge on any atom is -0.489 e. The van der Waals surface area contributed by atoms with Gasteiger partial charge in [0.2, 0.25) is 0 Å². The molecule has 0 unspecified atom stereocenters. The Morgan fingerprint density at radius 2 is 2.05 bits per heavy atom. The van der Waals surface area contributed by atoms with E-state index in [-0.39, 0.29) is 16.7 Å². The van der Waals surface area contributed by atoms with E-state index in [2.05, 4.69) is 0 Å². The lowest BCUT2D eigenvalue weighted by atomic mass is 9.81. The van der Waals surface area contributed by atoms with Gasteiger partial charge in [0.05, 0.1) is 23.8 Å². The zero-order valence-corrected chi connectivity index (χ0v) is 13.1. The second-order valence-corrected chi connectivity index (χ2v) is 6.07. The fraction of sp³-hybridized carbons (Fsp3) is 0.625. The van der Waals surface area contributed by atoms with Crippen molar-refractivity contribution in [3.8, 4) is 5.75 Å². The maximum Gasteiger partial charge on any atom is 0.173 e. The number of hydrogen-bond donors (Lipinski definition) is 2. The molecule has 5 heteroatoms. The average Bonchev–Trinajstić information content (AvgIpc) is 2.50. The number of hydrogen-bond acceptors (Lipinski definition) is 3. The van der Waals surface area contributed by atoms with E-state index in [1.165, 1.54) is 12.5 Å². The SMILES string of the molecule is CCOc1c(F)cc([C@@H](N)[C@@H](O)C2CCCCC2)cc1Cl. The third-order valence-electron chi connectivity index (χ3n) is 4.19. The molecular formula is C16H23ClFNO2. The minimum atomic E-state index is -0.668. The van der Waals surface area contributed by atoms with Crippen LogP contribution in [0.1, 0.15) is 50.6 Å². The third kappa shape index (κ3) is 3.87. The molecule has 21 heavy (non-hydrogen) atoms. The van der Waals surface area contributed by atoms with Gasteiger partial charge < -0.3 is 15.6 Å². The molecule has 0 amide bonds. The van der Waals surface area contributed by atoms with Crippen LogP contribution < -0.4 is 10.5 Å². The molecule has 0 heterocycles. The second-order valence-electron chi connectivity index (χ2n) is 5.66. The van der Waals surface area contributed by atoms with Gasteiger partial charge >= 0.3 is 0 Å². The van der Waals surface area contributed by atoms with Crippen molar-refractivity contribution in [2.45, 2.75) is 51.2 Å². The van der Waals surface area contributed by atoms with Crippen molar-refractivity contribution in [3.63, 3.8) is 0 Å². The molecule has 1 fully saturated rings. The molecule has 1 aromatic rings. The van der Waals surface area contributed by atoms with Crippen molar-refractivity contribution < 1.29 is 14.2 Å². The summed E-state index contributed by atoms with van der Waals surface area (Å²) < 4.78 is 19.2. The Labute approximate surface area is 130 Å². The van der Waals surface area contributed by atoms with Crippen LogP contribution in [0.25, 0.3) is 0 Å². The molecule has 2 rings (SSSR count). The van der Waals surface area contributed by atoms with E-state index >= 15 is 0 Å². The van der Waals surface area contributed by atoms with E-state index in [1.807, 2.05) is 0 Å². The quantitative estimate of drug-likeness (QED) is 0.868. The number of aliphatic hydroxyl groups excluding tert-OH is 1. The summed E-state index contributed by atoms with van der Waals surface area (Å²) in [6, 6.07) is 2.27. The van der Waals surface area contributed by atoms with Gasteiger partial charge in [-0.25, -0.2) is 4.39 Å². The Morgan fingerprint density at radius 1 is 1.38 bits per heavy atom. The van der Waals surface area contributed by atoms with Crippen molar-refractivity contribution in [3.05, 3.63) is 28.5 Å². The molecule has 0 spiro atoms. The highest BCUT2D eigenvalue weighted by molar-refractivity contribution is 6.32. The molecule has 1 aromatic carbocycles. The first-order valence-electron chi connectivity index (χ1n) is 7.60. The molecule has 3 nitrogen and oxygen atoms in total. The minimum absolute atomic E-state index is 0.0438. The molecule has 0 saturated heterocycles. The van der Waals surface area contributed by atoms with Crippen LogP contribution in [0.2, 0.25) is 5.02 Å². The molecule has 0 bridgehead atoms. The molecule has 0 aromatic heterocycles. The number of ether oxygens (including phenoxy) is 1. The number of halogens is 2. The van der Waals surface area contributed by atoms with Crippen molar-refractivity contribution in [1.82, 2.24) is 0 Å². The van der Waals surface area contributed by atoms with Crippen LogP contribution >= 0.6 is 11.6 Å². The Balaban J connectivity index is 2.16. The average molecular weight is 316 g/mol. The van der Waals surface area contributed by atoms with Gasteiger partial charge in [0.15, 0.2) is 11.6 Å². The monoisotopic (exact) mass is 315 g/mol. The fourth-order valence-corrected chi connectivity index (χ4v) is 3.29. The number of aliphatic hydroxyl groups is 1. The van der Waals surface area contributed by atoms with Crippen LogP contribution in [-0.4, -0.2) is 17.8 Å². The summed E-state index contributed by atoms with van der Waals surface area (Å²) in [7, 11) is 0. The topological polar surface area (TPSA) is 55.5 Å². The van der Waals surface area contributed by atoms with Crippen molar-refractivity contribution >= 4 is 11.6 Å².